The van der Waals surface area contributed by atoms with Crippen LogP contribution in [0.3, 0.4) is 0 Å². The number of ether oxygens (including phenoxy) is 1. The topological polar surface area (TPSA) is 69.0 Å². The van der Waals surface area contributed by atoms with E-state index in [9.17, 15) is 4.79 Å². The number of nitrogens with one attached hydrogen (secondary N) is 1. The molecule has 1 aromatic heterocycles. The van der Waals surface area contributed by atoms with Crippen LogP contribution in [0.5, 0.6) is 5.75 Å². The van der Waals surface area contributed by atoms with E-state index in [0.717, 1.165) is 17.0 Å². The third-order valence-electron chi connectivity index (χ3n) is 5.68. The number of nitrogens with zero attached hydrogens (tertiary/aromatic N) is 3. The molecule has 1 amide bonds. The molecule has 0 spiro atoms. The second kappa shape index (κ2) is 12.0. The summed E-state index contributed by atoms with van der Waals surface area (Å²) in [4.78, 5) is 12.7. The summed E-state index contributed by atoms with van der Waals surface area (Å²) in [5.74, 6) is 1.12. The van der Waals surface area contributed by atoms with Crippen molar-refractivity contribution in [1.29, 1.82) is 0 Å². The van der Waals surface area contributed by atoms with Gasteiger partial charge in [-0.25, -0.2) is 0 Å². The largest absolute Gasteiger partial charge is 0.486 e. The molecule has 1 heterocycles. The van der Waals surface area contributed by atoms with Crippen LogP contribution in [0, 0.1) is 6.92 Å². The Hall–Kier alpha value is -2.71. The second-order valence-corrected chi connectivity index (χ2v) is 11.9. The fraction of sp³-hybridized carbons (Fsp3) is 0.250. The van der Waals surface area contributed by atoms with E-state index in [4.69, 9.17) is 39.5 Å². The number of thioether (sulfide) groups is 1. The lowest BCUT2D eigenvalue weighted by molar-refractivity contribution is -0.113. The van der Waals surface area contributed by atoms with Gasteiger partial charge < -0.3 is 10.1 Å². The molecule has 4 aromatic rings. The maximum Gasteiger partial charge on any atom is 0.234 e. The van der Waals surface area contributed by atoms with Crippen LogP contribution in [-0.4, -0.2) is 26.4 Å². The lowest BCUT2D eigenvalue weighted by Gasteiger charge is -2.19. The molecular weight excluding hydrogens is 563 g/mol. The number of hydrogen-bond acceptors (Lipinski definition) is 5. The van der Waals surface area contributed by atoms with Crippen LogP contribution in [-0.2, 0) is 16.8 Å². The highest BCUT2D eigenvalue weighted by molar-refractivity contribution is 7.99. The molecular formula is C28H27Cl3N4O2S. The molecule has 10 heteroatoms. The van der Waals surface area contributed by atoms with Gasteiger partial charge in [0.15, 0.2) is 11.0 Å². The summed E-state index contributed by atoms with van der Waals surface area (Å²) < 4.78 is 7.94. The molecule has 0 fully saturated rings. The lowest BCUT2D eigenvalue weighted by Crippen LogP contribution is -2.15. The first-order valence-corrected chi connectivity index (χ1v) is 13.9. The van der Waals surface area contributed by atoms with Gasteiger partial charge >= 0.3 is 0 Å². The fourth-order valence-corrected chi connectivity index (χ4v) is 5.29. The minimum atomic E-state index is -0.295. The van der Waals surface area contributed by atoms with Crippen molar-refractivity contribution in [3.05, 3.63) is 92.7 Å². The Labute approximate surface area is 241 Å². The minimum absolute atomic E-state index is 0.0623. The first-order chi connectivity index (χ1) is 18.0. The lowest BCUT2D eigenvalue weighted by atomic mass is 9.87. The second-order valence-electron chi connectivity index (χ2n) is 9.71. The summed E-state index contributed by atoms with van der Waals surface area (Å²) in [5.41, 5.74) is 3.60. The molecule has 3 aromatic carbocycles. The van der Waals surface area contributed by atoms with E-state index < -0.39 is 0 Å². The Morgan fingerprint density at radius 2 is 1.61 bits per heavy atom. The molecule has 0 atom stereocenters. The molecule has 0 radical (unpaired) electrons. The molecule has 38 heavy (non-hydrogen) atoms. The molecule has 0 unspecified atom stereocenters. The van der Waals surface area contributed by atoms with Crippen molar-refractivity contribution >= 4 is 58.2 Å². The molecule has 0 saturated carbocycles. The molecule has 198 valence electrons. The summed E-state index contributed by atoms with van der Waals surface area (Å²) in [6.07, 6.45) is 0. The number of carbonyl (C=O) groups is 1. The number of anilines is 1. The number of amides is 1. The van der Waals surface area contributed by atoms with Gasteiger partial charge in [0.05, 0.1) is 21.5 Å². The Bertz CT molecular complexity index is 1410. The molecule has 0 aliphatic rings. The quantitative estimate of drug-likeness (QED) is 0.210. The molecule has 0 aliphatic carbocycles. The zero-order valence-corrected chi connectivity index (χ0v) is 24.5. The molecule has 0 saturated heterocycles. The van der Waals surface area contributed by atoms with Gasteiger partial charge in [-0.3, -0.25) is 9.36 Å². The summed E-state index contributed by atoms with van der Waals surface area (Å²) in [5, 5.41) is 12.9. The van der Waals surface area contributed by atoms with Crippen molar-refractivity contribution in [1.82, 2.24) is 14.8 Å². The highest BCUT2D eigenvalue weighted by Crippen LogP contribution is 2.34. The van der Waals surface area contributed by atoms with E-state index in [1.807, 2.05) is 47.9 Å². The van der Waals surface area contributed by atoms with Crippen LogP contribution < -0.4 is 10.1 Å². The smallest absolute Gasteiger partial charge is 0.234 e. The van der Waals surface area contributed by atoms with Gasteiger partial charge in [-0.15, -0.1) is 10.2 Å². The third-order valence-corrected chi connectivity index (χ3v) is 7.43. The summed E-state index contributed by atoms with van der Waals surface area (Å²) in [7, 11) is 0. The van der Waals surface area contributed by atoms with Gasteiger partial charge in [0, 0.05) is 10.7 Å². The molecule has 6 nitrogen and oxygen atoms in total. The van der Waals surface area contributed by atoms with Gasteiger partial charge in [-0.1, -0.05) is 97.2 Å². The van der Waals surface area contributed by atoms with Crippen LogP contribution in [0.4, 0.5) is 5.69 Å². The molecule has 1 N–H and O–H groups in total. The predicted octanol–water partition coefficient (Wildman–Crippen LogP) is 8.14. The van der Waals surface area contributed by atoms with Crippen molar-refractivity contribution in [3.8, 4) is 11.4 Å². The molecule has 0 aliphatic heterocycles. The van der Waals surface area contributed by atoms with Crippen LogP contribution in [0.2, 0.25) is 15.1 Å². The van der Waals surface area contributed by atoms with Gasteiger partial charge in [0.25, 0.3) is 0 Å². The van der Waals surface area contributed by atoms with Crippen LogP contribution in [0.1, 0.15) is 37.7 Å². The number of hydrogen-bond donors (Lipinski definition) is 1. The fourth-order valence-electron chi connectivity index (χ4n) is 3.61. The highest BCUT2D eigenvalue weighted by Gasteiger charge is 2.18. The van der Waals surface area contributed by atoms with Crippen LogP contribution in [0.25, 0.3) is 5.69 Å². The van der Waals surface area contributed by atoms with Crippen molar-refractivity contribution in [2.45, 2.75) is 44.9 Å². The normalized spacial score (nSPS) is 11.4. The van der Waals surface area contributed by atoms with Gasteiger partial charge in [-0.2, -0.15) is 0 Å². The Morgan fingerprint density at radius 3 is 2.21 bits per heavy atom. The first-order valence-electron chi connectivity index (χ1n) is 11.8. The average molecular weight is 590 g/mol. The van der Waals surface area contributed by atoms with E-state index in [0.29, 0.717) is 21.7 Å². The molecule has 0 bridgehead atoms. The zero-order chi connectivity index (χ0) is 27.4. The van der Waals surface area contributed by atoms with E-state index in [-0.39, 0.29) is 33.7 Å². The highest BCUT2D eigenvalue weighted by atomic mass is 35.5. The van der Waals surface area contributed by atoms with E-state index in [2.05, 4.69) is 48.4 Å². The standard InChI is InChI=1S/C28H27Cl3N4O2S/c1-17-5-9-20(10-6-17)35-24(15-37-21-11-7-18(8-12-21)28(2,3)4)33-34-27(35)38-16-25(36)32-26-22(30)13-19(29)14-23(26)31/h5-14H,15-16H2,1-4H3,(H,32,36). The average Bonchev–Trinajstić information content (AvgIpc) is 3.26. The SMILES string of the molecule is Cc1ccc(-n2c(COc3ccc(C(C)(C)C)cc3)nnc2SCC(=O)Nc2c(Cl)cc(Cl)cc2Cl)cc1. The van der Waals surface area contributed by atoms with Crippen LogP contribution >= 0.6 is 46.6 Å². The van der Waals surface area contributed by atoms with Crippen molar-refractivity contribution in [2.24, 2.45) is 0 Å². The summed E-state index contributed by atoms with van der Waals surface area (Å²) >= 11 is 19.6. The maximum absolute atomic E-state index is 12.7. The number of halogens is 3. The van der Waals surface area contributed by atoms with Gasteiger partial charge in [-0.05, 0) is 54.3 Å². The van der Waals surface area contributed by atoms with Gasteiger partial charge in [0.2, 0.25) is 5.91 Å². The molecule has 4 rings (SSSR count). The number of rotatable bonds is 8. The van der Waals surface area contributed by atoms with Crippen molar-refractivity contribution in [3.63, 3.8) is 0 Å². The predicted molar refractivity (Wildman–Crippen MR) is 156 cm³/mol. The zero-order valence-electron chi connectivity index (χ0n) is 21.4. The monoisotopic (exact) mass is 588 g/mol. The first kappa shape index (κ1) is 28.3. The number of carbonyl (C=O) groups excluding carboxylic acids is 1. The Balaban J connectivity index is 1.51. The van der Waals surface area contributed by atoms with Crippen molar-refractivity contribution < 1.29 is 9.53 Å². The summed E-state index contributed by atoms with van der Waals surface area (Å²) in [6, 6.07) is 19.1. The number of benzene rings is 3. The number of aromatic nitrogens is 3. The van der Waals surface area contributed by atoms with Crippen LogP contribution in [0.15, 0.2) is 65.8 Å². The van der Waals surface area contributed by atoms with E-state index in [1.165, 1.54) is 29.5 Å². The minimum Gasteiger partial charge on any atom is -0.486 e. The van der Waals surface area contributed by atoms with E-state index in [1.54, 1.807) is 0 Å². The number of aryl methyl sites for hydroxylation is 1. The third kappa shape index (κ3) is 7.03. The van der Waals surface area contributed by atoms with Gasteiger partial charge in [0.1, 0.15) is 12.4 Å². The maximum atomic E-state index is 12.7. The summed E-state index contributed by atoms with van der Waals surface area (Å²) in [6.45, 7) is 8.74. The Morgan fingerprint density at radius 1 is 0.974 bits per heavy atom. The van der Waals surface area contributed by atoms with E-state index >= 15 is 0 Å². The Kier molecular flexibility index (Phi) is 8.93. The van der Waals surface area contributed by atoms with Crippen molar-refractivity contribution in [2.75, 3.05) is 11.1 Å².